The first kappa shape index (κ1) is 12.8. The second-order valence-corrected chi connectivity index (χ2v) is 5.15. The Morgan fingerprint density at radius 2 is 1.67 bits per heavy atom. The highest BCUT2D eigenvalue weighted by Gasteiger charge is 2.07. The molecular weight excluding hydrogens is 292 g/mol. The standard InChI is InChI=1S/C15H13BrO2/c1-9-8-14(16)10(2)7-13(9)11-3-5-12(6-4-11)15(17)18/h3-8H,1-2H3,(H,17,18). The van der Waals surface area contributed by atoms with E-state index in [1.54, 1.807) is 12.1 Å². The van der Waals surface area contributed by atoms with E-state index in [9.17, 15) is 4.79 Å². The van der Waals surface area contributed by atoms with Crippen molar-refractivity contribution >= 4 is 21.9 Å². The van der Waals surface area contributed by atoms with Crippen LogP contribution in [0.5, 0.6) is 0 Å². The zero-order valence-electron chi connectivity index (χ0n) is 10.2. The van der Waals surface area contributed by atoms with Crippen molar-refractivity contribution < 1.29 is 9.90 Å². The van der Waals surface area contributed by atoms with Crippen LogP contribution < -0.4 is 0 Å². The Morgan fingerprint density at radius 3 is 2.22 bits per heavy atom. The molecule has 2 rings (SSSR count). The molecule has 0 fully saturated rings. The molecule has 0 aliphatic rings. The van der Waals surface area contributed by atoms with Crippen LogP contribution >= 0.6 is 15.9 Å². The smallest absolute Gasteiger partial charge is 0.335 e. The molecule has 0 saturated carbocycles. The number of hydrogen-bond acceptors (Lipinski definition) is 1. The lowest BCUT2D eigenvalue weighted by molar-refractivity contribution is 0.0697. The summed E-state index contributed by atoms with van der Waals surface area (Å²) in [4.78, 5) is 10.8. The van der Waals surface area contributed by atoms with Crippen molar-refractivity contribution in [2.45, 2.75) is 13.8 Å². The highest BCUT2D eigenvalue weighted by Crippen LogP contribution is 2.29. The Morgan fingerprint density at radius 1 is 1.06 bits per heavy atom. The van der Waals surface area contributed by atoms with Crippen LogP contribution in [0.25, 0.3) is 11.1 Å². The molecule has 0 heterocycles. The van der Waals surface area contributed by atoms with Gasteiger partial charge in [0.15, 0.2) is 0 Å². The van der Waals surface area contributed by atoms with E-state index in [-0.39, 0.29) is 0 Å². The number of benzene rings is 2. The number of hydrogen-bond donors (Lipinski definition) is 1. The molecule has 0 atom stereocenters. The molecule has 2 nitrogen and oxygen atoms in total. The second-order valence-electron chi connectivity index (χ2n) is 4.30. The fraction of sp³-hybridized carbons (Fsp3) is 0.133. The predicted molar refractivity (Wildman–Crippen MR) is 76.0 cm³/mol. The van der Waals surface area contributed by atoms with E-state index >= 15 is 0 Å². The van der Waals surface area contributed by atoms with Crippen molar-refractivity contribution in [3.63, 3.8) is 0 Å². The van der Waals surface area contributed by atoms with E-state index < -0.39 is 5.97 Å². The first-order chi connectivity index (χ1) is 8.49. The predicted octanol–water partition coefficient (Wildman–Crippen LogP) is 4.43. The molecule has 18 heavy (non-hydrogen) atoms. The summed E-state index contributed by atoms with van der Waals surface area (Å²) < 4.78 is 1.09. The Kier molecular flexibility index (Phi) is 3.53. The van der Waals surface area contributed by atoms with Crippen molar-refractivity contribution in [2.24, 2.45) is 0 Å². The van der Waals surface area contributed by atoms with Crippen molar-refractivity contribution in [1.82, 2.24) is 0 Å². The lowest BCUT2D eigenvalue weighted by atomic mass is 9.98. The van der Waals surface area contributed by atoms with E-state index in [0.29, 0.717) is 5.56 Å². The molecule has 92 valence electrons. The molecule has 0 bridgehead atoms. The third-order valence-corrected chi connectivity index (χ3v) is 3.80. The van der Waals surface area contributed by atoms with E-state index in [1.807, 2.05) is 26.0 Å². The summed E-state index contributed by atoms with van der Waals surface area (Å²) in [6, 6.07) is 11.1. The number of rotatable bonds is 2. The van der Waals surface area contributed by atoms with Crippen molar-refractivity contribution in [1.29, 1.82) is 0 Å². The summed E-state index contributed by atoms with van der Waals surface area (Å²) in [6.07, 6.45) is 0. The average Bonchev–Trinajstić information content (AvgIpc) is 2.34. The summed E-state index contributed by atoms with van der Waals surface area (Å²) in [7, 11) is 0. The summed E-state index contributed by atoms with van der Waals surface area (Å²) in [5.41, 5.74) is 4.81. The molecule has 2 aromatic rings. The van der Waals surface area contributed by atoms with Crippen LogP contribution in [-0.4, -0.2) is 11.1 Å². The molecular formula is C15H13BrO2. The van der Waals surface area contributed by atoms with Gasteiger partial charge in [-0.1, -0.05) is 34.1 Å². The first-order valence-corrected chi connectivity index (χ1v) is 6.39. The van der Waals surface area contributed by atoms with Crippen LogP contribution in [0.3, 0.4) is 0 Å². The van der Waals surface area contributed by atoms with Gasteiger partial charge in [0.05, 0.1) is 5.56 Å². The van der Waals surface area contributed by atoms with E-state index in [4.69, 9.17) is 5.11 Å². The SMILES string of the molecule is Cc1cc(-c2ccc(C(=O)O)cc2)c(C)cc1Br. The van der Waals surface area contributed by atoms with Crippen LogP contribution in [0.2, 0.25) is 0 Å². The maximum atomic E-state index is 10.8. The van der Waals surface area contributed by atoms with Gasteiger partial charge in [-0.15, -0.1) is 0 Å². The Hall–Kier alpha value is -1.61. The van der Waals surface area contributed by atoms with Gasteiger partial charge in [-0.05, 0) is 54.3 Å². The van der Waals surface area contributed by atoms with E-state index in [0.717, 1.165) is 26.7 Å². The molecule has 0 spiro atoms. The molecule has 1 N–H and O–H groups in total. The van der Waals surface area contributed by atoms with Gasteiger partial charge in [0.2, 0.25) is 0 Å². The minimum atomic E-state index is -0.898. The van der Waals surface area contributed by atoms with Gasteiger partial charge in [0, 0.05) is 4.47 Å². The van der Waals surface area contributed by atoms with Gasteiger partial charge < -0.3 is 5.11 Å². The Bertz CT molecular complexity index is 601. The summed E-state index contributed by atoms with van der Waals surface area (Å²) in [5.74, 6) is -0.898. The fourth-order valence-electron chi connectivity index (χ4n) is 1.88. The van der Waals surface area contributed by atoms with Gasteiger partial charge in [-0.2, -0.15) is 0 Å². The lowest BCUT2D eigenvalue weighted by Gasteiger charge is -2.09. The van der Waals surface area contributed by atoms with Gasteiger partial charge in [0.25, 0.3) is 0 Å². The molecule has 3 heteroatoms. The molecule has 0 unspecified atom stereocenters. The van der Waals surface area contributed by atoms with Gasteiger partial charge in [0.1, 0.15) is 0 Å². The van der Waals surface area contributed by atoms with Crippen molar-refractivity contribution in [3.8, 4) is 11.1 Å². The average molecular weight is 305 g/mol. The molecule has 0 saturated heterocycles. The number of aryl methyl sites for hydroxylation is 2. The number of carboxylic acids is 1. The maximum Gasteiger partial charge on any atom is 0.335 e. The molecule has 0 aromatic heterocycles. The van der Waals surface area contributed by atoms with E-state index in [1.165, 1.54) is 0 Å². The van der Waals surface area contributed by atoms with Crippen LogP contribution in [0.1, 0.15) is 21.5 Å². The number of aromatic carboxylic acids is 1. The number of halogens is 1. The highest BCUT2D eigenvalue weighted by atomic mass is 79.9. The monoisotopic (exact) mass is 304 g/mol. The minimum Gasteiger partial charge on any atom is -0.478 e. The number of carboxylic acid groups (broad SMARTS) is 1. The van der Waals surface area contributed by atoms with Crippen LogP contribution in [-0.2, 0) is 0 Å². The summed E-state index contributed by atoms with van der Waals surface area (Å²) >= 11 is 3.51. The zero-order chi connectivity index (χ0) is 13.3. The van der Waals surface area contributed by atoms with Gasteiger partial charge in [-0.3, -0.25) is 0 Å². The highest BCUT2D eigenvalue weighted by molar-refractivity contribution is 9.10. The Balaban J connectivity index is 2.49. The zero-order valence-corrected chi connectivity index (χ0v) is 11.8. The second kappa shape index (κ2) is 4.94. The fourth-order valence-corrected chi connectivity index (χ4v) is 2.34. The maximum absolute atomic E-state index is 10.8. The van der Waals surface area contributed by atoms with Crippen molar-refractivity contribution in [2.75, 3.05) is 0 Å². The third kappa shape index (κ3) is 2.46. The van der Waals surface area contributed by atoms with E-state index in [2.05, 4.69) is 28.1 Å². The van der Waals surface area contributed by atoms with Crippen LogP contribution in [0.15, 0.2) is 40.9 Å². The lowest BCUT2D eigenvalue weighted by Crippen LogP contribution is -1.95. The van der Waals surface area contributed by atoms with Crippen LogP contribution in [0, 0.1) is 13.8 Å². The normalized spacial score (nSPS) is 10.4. The number of carbonyl (C=O) groups is 1. The summed E-state index contributed by atoms with van der Waals surface area (Å²) in [6.45, 7) is 4.09. The summed E-state index contributed by atoms with van der Waals surface area (Å²) in [5, 5.41) is 8.88. The molecule has 0 radical (unpaired) electrons. The quantitative estimate of drug-likeness (QED) is 0.891. The largest absolute Gasteiger partial charge is 0.478 e. The molecule has 2 aromatic carbocycles. The van der Waals surface area contributed by atoms with Crippen LogP contribution in [0.4, 0.5) is 0 Å². The third-order valence-electron chi connectivity index (χ3n) is 2.95. The first-order valence-electron chi connectivity index (χ1n) is 5.59. The minimum absolute atomic E-state index is 0.310. The molecule has 0 aliphatic carbocycles. The topological polar surface area (TPSA) is 37.3 Å². The Labute approximate surface area is 114 Å². The molecule has 0 amide bonds. The van der Waals surface area contributed by atoms with Gasteiger partial charge in [-0.25, -0.2) is 4.79 Å². The van der Waals surface area contributed by atoms with Crippen molar-refractivity contribution in [3.05, 3.63) is 57.6 Å². The molecule has 0 aliphatic heterocycles. The van der Waals surface area contributed by atoms with Gasteiger partial charge >= 0.3 is 5.97 Å².